The molecule has 21 heavy (non-hydrogen) atoms. The lowest BCUT2D eigenvalue weighted by Crippen LogP contribution is -2.19. The minimum absolute atomic E-state index is 0.0105. The molecule has 0 saturated heterocycles. The molecular formula is C14H12FN3O2S. The van der Waals surface area contributed by atoms with E-state index in [4.69, 9.17) is 22.7 Å². The molecule has 1 aromatic carbocycles. The number of nitrogens with two attached hydrogens (primary N) is 1. The first-order valence-electron chi connectivity index (χ1n) is 5.93. The second-order valence-corrected chi connectivity index (χ2v) is 4.48. The zero-order chi connectivity index (χ0) is 15.4. The van der Waals surface area contributed by atoms with Gasteiger partial charge in [0.05, 0.1) is 18.4 Å². The van der Waals surface area contributed by atoms with Crippen LogP contribution in [-0.4, -0.2) is 23.0 Å². The van der Waals surface area contributed by atoms with Crippen molar-refractivity contribution in [2.24, 2.45) is 5.73 Å². The topological polar surface area (TPSA) is 77.2 Å². The van der Waals surface area contributed by atoms with Crippen LogP contribution >= 0.6 is 12.2 Å². The highest BCUT2D eigenvalue weighted by atomic mass is 32.1. The molecular weight excluding hydrogens is 293 g/mol. The van der Waals surface area contributed by atoms with Crippen LogP contribution in [0.15, 0.2) is 36.5 Å². The first-order valence-corrected chi connectivity index (χ1v) is 6.34. The zero-order valence-electron chi connectivity index (χ0n) is 11.1. The van der Waals surface area contributed by atoms with Gasteiger partial charge in [-0.25, -0.2) is 9.37 Å². The van der Waals surface area contributed by atoms with Crippen molar-refractivity contribution < 1.29 is 13.9 Å². The quantitative estimate of drug-likeness (QED) is 0.846. The molecule has 1 amide bonds. The number of nitrogens with zero attached hydrogens (tertiary/aromatic N) is 1. The summed E-state index contributed by atoms with van der Waals surface area (Å²) in [5, 5.41) is 2.56. The highest BCUT2D eigenvalue weighted by Gasteiger charge is 2.17. The van der Waals surface area contributed by atoms with Gasteiger partial charge in [-0.3, -0.25) is 4.79 Å². The van der Waals surface area contributed by atoms with E-state index >= 15 is 0 Å². The minimum Gasteiger partial charge on any atom is -0.480 e. The maximum atomic E-state index is 13.7. The Bertz CT molecular complexity index is 706. The van der Waals surface area contributed by atoms with E-state index in [0.717, 1.165) is 0 Å². The Morgan fingerprint density at radius 1 is 1.38 bits per heavy atom. The SMILES string of the molecule is COc1ncccc1C(=O)Nc1cccc(F)c1C(N)=S. The van der Waals surface area contributed by atoms with Gasteiger partial charge in [0.1, 0.15) is 16.4 Å². The van der Waals surface area contributed by atoms with Crippen LogP contribution in [0.2, 0.25) is 0 Å². The third-order valence-corrected chi connectivity index (χ3v) is 2.92. The summed E-state index contributed by atoms with van der Waals surface area (Å²) in [5.74, 6) is -0.926. The molecule has 0 unspecified atom stereocenters. The number of halogens is 1. The molecule has 7 heteroatoms. The van der Waals surface area contributed by atoms with Crippen molar-refractivity contribution in [3.05, 3.63) is 53.5 Å². The second kappa shape index (κ2) is 6.27. The summed E-state index contributed by atoms with van der Waals surface area (Å²) in [6.45, 7) is 0. The molecule has 0 aliphatic rings. The van der Waals surface area contributed by atoms with E-state index in [9.17, 15) is 9.18 Å². The number of benzene rings is 1. The van der Waals surface area contributed by atoms with Gasteiger partial charge in [-0.1, -0.05) is 18.3 Å². The largest absolute Gasteiger partial charge is 0.480 e. The van der Waals surface area contributed by atoms with E-state index in [0.29, 0.717) is 0 Å². The van der Waals surface area contributed by atoms with Crippen molar-refractivity contribution in [3.8, 4) is 5.88 Å². The van der Waals surface area contributed by atoms with Gasteiger partial charge in [-0.15, -0.1) is 0 Å². The maximum Gasteiger partial charge on any atom is 0.261 e. The van der Waals surface area contributed by atoms with Crippen LogP contribution < -0.4 is 15.8 Å². The first-order chi connectivity index (χ1) is 10.0. The molecule has 0 fully saturated rings. The highest BCUT2D eigenvalue weighted by Crippen LogP contribution is 2.21. The summed E-state index contributed by atoms with van der Waals surface area (Å²) < 4.78 is 18.8. The lowest BCUT2D eigenvalue weighted by atomic mass is 10.1. The van der Waals surface area contributed by atoms with Gasteiger partial charge in [0.2, 0.25) is 5.88 Å². The summed E-state index contributed by atoms with van der Waals surface area (Å²) in [5.41, 5.74) is 5.89. The molecule has 3 N–H and O–H groups in total. The summed E-state index contributed by atoms with van der Waals surface area (Å²) in [4.78, 5) is 16.0. The number of anilines is 1. The average Bonchev–Trinajstić information content (AvgIpc) is 2.46. The third kappa shape index (κ3) is 3.14. The van der Waals surface area contributed by atoms with Crippen LogP contribution in [0.3, 0.4) is 0 Å². The van der Waals surface area contributed by atoms with Gasteiger partial charge >= 0.3 is 0 Å². The van der Waals surface area contributed by atoms with Crippen LogP contribution in [0.25, 0.3) is 0 Å². The Hall–Kier alpha value is -2.54. The fourth-order valence-corrected chi connectivity index (χ4v) is 2.00. The fourth-order valence-electron chi connectivity index (χ4n) is 1.79. The number of hydrogen-bond donors (Lipinski definition) is 2. The van der Waals surface area contributed by atoms with E-state index in [-0.39, 0.29) is 27.7 Å². The summed E-state index contributed by atoms with van der Waals surface area (Å²) >= 11 is 4.80. The Balaban J connectivity index is 2.37. The van der Waals surface area contributed by atoms with E-state index in [1.807, 2.05) is 0 Å². The second-order valence-electron chi connectivity index (χ2n) is 4.04. The van der Waals surface area contributed by atoms with E-state index in [1.165, 1.54) is 31.5 Å². The number of pyridine rings is 1. The monoisotopic (exact) mass is 305 g/mol. The van der Waals surface area contributed by atoms with Crippen molar-refractivity contribution in [3.63, 3.8) is 0 Å². The maximum absolute atomic E-state index is 13.7. The van der Waals surface area contributed by atoms with E-state index in [1.54, 1.807) is 12.1 Å². The molecule has 0 aliphatic carbocycles. The van der Waals surface area contributed by atoms with Crippen molar-refractivity contribution in [1.29, 1.82) is 0 Å². The summed E-state index contributed by atoms with van der Waals surface area (Å²) in [7, 11) is 1.40. The van der Waals surface area contributed by atoms with Gasteiger partial charge in [-0.05, 0) is 24.3 Å². The summed E-state index contributed by atoms with van der Waals surface area (Å²) in [6, 6.07) is 7.32. The molecule has 0 aliphatic heterocycles. The number of aromatic nitrogens is 1. The molecule has 0 atom stereocenters. The van der Waals surface area contributed by atoms with Gasteiger partial charge in [-0.2, -0.15) is 0 Å². The smallest absolute Gasteiger partial charge is 0.261 e. The molecule has 0 saturated carbocycles. The molecule has 0 spiro atoms. The third-order valence-electron chi connectivity index (χ3n) is 2.72. The fraction of sp³-hybridized carbons (Fsp3) is 0.0714. The van der Waals surface area contributed by atoms with Gasteiger partial charge in [0.25, 0.3) is 5.91 Å². The number of ether oxygens (including phenoxy) is 1. The van der Waals surface area contributed by atoms with E-state index < -0.39 is 11.7 Å². The Morgan fingerprint density at radius 2 is 2.14 bits per heavy atom. The summed E-state index contributed by atoms with van der Waals surface area (Å²) in [6.07, 6.45) is 1.50. The van der Waals surface area contributed by atoms with Crippen LogP contribution in [0.1, 0.15) is 15.9 Å². The lowest BCUT2D eigenvalue weighted by Gasteiger charge is -2.12. The van der Waals surface area contributed by atoms with Crippen LogP contribution in [0.5, 0.6) is 5.88 Å². The molecule has 5 nitrogen and oxygen atoms in total. The highest BCUT2D eigenvalue weighted by molar-refractivity contribution is 7.80. The van der Waals surface area contributed by atoms with Crippen LogP contribution in [0.4, 0.5) is 10.1 Å². The molecule has 108 valence electrons. The number of thiocarbonyl (C=S) groups is 1. The Labute approximate surface area is 125 Å². The van der Waals surface area contributed by atoms with E-state index in [2.05, 4.69) is 10.3 Å². The normalized spacial score (nSPS) is 10.0. The molecule has 1 aromatic heterocycles. The molecule has 2 aromatic rings. The van der Waals surface area contributed by atoms with Crippen molar-refractivity contribution in [1.82, 2.24) is 4.98 Å². The number of methoxy groups -OCH3 is 1. The predicted octanol–water partition coefficient (Wildman–Crippen LogP) is 2.12. The minimum atomic E-state index is -0.599. The number of carbonyl (C=O) groups excluding carboxylic acids is 1. The van der Waals surface area contributed by atoms with Gasteiger partial charge < -0.3 is 15.8 Å². The van der Waals surface area contributed by atoms with Crippen molar-refractivity contribution >= 4 is 28.8 Å². The molecule has 1 heterocycles. The van der Waals surface area contributed by atoms with Crippen molar-refractivity contribution in [2.45, 2.75) is 0 Å². The molecule has 0 bridgehead atoms. The first kappa shape index (κ1) is 14.9. The molecule has 0 radical (unpaired) electrons. The number of nitrogens with one attached hydrogen (secondary N) is 1. The van der Waals surface area contributed by atoms with Gasteiger partial charge in [0.15, 0.2) is 0 Å². The number of carbonyl (C=O) groups is 1. The van der Waals surface area contributed by atoms with Gasteiger partial charge in [0, 0.05) is 6.20 Å². The van der Waals surface area contributed by atoms with Crippen LogP contribution in [0, 0.1) is 5.82 Å². The number of hydrogen-bond acceptors (Lipinski definition) is 4. The van der Waals surface area contributed by atoms with Crippen molar-refractivity contribution in [2.75, 3.05) is 12.4 Å². The molecule has 2 rings (SSSR count). The zero-order valence-corrected chi connectivity index (χ0v) is 11.9. The predicted molar refractivity (Wildman–Crippen MR) is 81.0 cm³/mol. The lowest BCUT2D eigenvalue weighted by molar-refractivity contribution is 0.102. The van der Waals surface area contributed by atoms with Crippen LogP contribution in [-0.2, 0) is 0 Å². The number of amides is 1. The average molecular weight is 305 g/mol. The Kier molecular flexibility index (Phi) is 4.44. The standard InChI is InChI=1S/C14H12FN3O2S/c1-20-14-8(4-3-7-17-14)13(19)18-10-6-2-5-9(15)11(10)12(16)21/h2-7H,1H3,(H2,16,21)(H,18,19). The Morgan fingerprint density at radius 3 is 2.81 bits per heavy atom. The number of rotatable bonds is 4.